The van der Waals surface area contributed by atoms with E-state index in [0.29, 0.717) is 16.8 Å². The second-order valence-electron chi connectivity index (χ2n) is 6.14. The standard InChI is InChI=1S/C19H16FN5O/c1-11-14(4-3-5-15(11)20)12-6-7-16-23-19(21)17(25(16)10-12)18(26)13-8-22-24(2)9-13/h3-10H,21H2,1-2H3. The van der Waals surface area contributed by atoms with E-state index in [1.54, 1.807) is 47.6 Å². The molecule has 3 aromatic heterocycles. The first-order valence-electron chi connectivity index (χ1n) is 8.02. The molecule has 0 radical (unpaired) electrons. The van der Waals surface area contributed by atoms with Crippen molar-refractivity contribution in [2.75, 3.05) is 5.73 Å². The van der Waals surface area contributed by atoms with Crippen molar-refractivity contribution in [1.82, 2.24) is 19.2 Å². The van der Waals surface area contributed by atoms with Crippen LogP contribution in [0.1, 0.15) is 21.6 Å². The Balaban J connectivity index is 1.91. The number of anilines is 1. The van der Waals surface area contributed by atoms with Crippen LogP contribution in [-0.4, -0.2) is 24.9 Å². The molecule has 0 aliphatic heterocycles. The molecular formula is C19H16FN5O. The summed E-state index contributed by atoms with van der Waals surface area (Å²) in [6.45, 7) is 1.72. The minimum atomic E-state index is -0.278. The van der Waals surface area contributed by atoms with Crippen LogP contribution in [0, 0.1) is 12.7 Å². The number of carbonyl (C=O) groups is 1. The van der Waals surface area contributed by atoms with Crippen molar-refractivity contribution >= 4 is 17.2 Å². The smallest absolute Gasteiger partial charge is 0.216 e. The highest BCUT2D eigenvalue weighted by molar-refractivity contribution is 6.11. The van der Waals surface area contributed by atoms with Crippen LogP contribution < -0.4 is 5.73 Å². The highest BCUT2D eigenvalue weighted by atomic mass is 19.1. The Morgan fingerprint density at radius 3 is 2.73 bits per heavy atom. The van der Waals surface area contributed by atoms with E-state index in [1.807, 2.05) is 12.1 Å². The summed E-state index contributed by atoms with van der Waals surface area (Å²) in [5.41, 5.74) is 9.30. The van der Waals surface area contributed by atoms with Crippen LogP contribution in [0.2, 0.25) is 0 Å². The molecule has 26 heavy (non-hydrogen) atoms. The van der Waals surface area contributed by atoms with E-state index >= 15 is 0 Å². The van der Waals surface area contributed by atoms with Gasteiger partial charge in [-0.25, -0.2) is 9.37 Å². The van der Waals surface area contributed by atoms with Crippen LogP contribution >= 0.6 is 0 Å². The van der Waals surface area contributed by atoms with Crippen LogP contribution in [0.25, 0.3) is 16.8 Å². The predicted octanol–water partition coefficient (Wildman–Crippen LogP) is 3.00. The van der Waals surface area contributed by atoms with Crippen molar-refractivity contribution in [3.05, 3.63) is 71.6 Å². The van der Waals surface area contributed by atoms with Crippen molar-refractivity contribution in [3.63, 3.8) is 0 Å². The van der Waals surface area contributed by atoms with Crippen molar-refractivity contribution in [1.29, 1.82) is 0 Å². The van der Waals surface area contributed by atoms with Gasteiger partial charge in [-0.15, -0.1) is 0 Å². The molecule has 0 atom stereocenters. The molecule has 7 heteroatoms. The van der Waals surface area contributed by atoms with Crippen LogP contribution in [-0.2, 0) is 7.05 Å². The zero-order chi connectivity index (χ0) is 18.4. The largest absolute Gasteiger partial charge is 0.382 e. The van der Waals surface area contributed by atoms with Gasteiger partial charge in [0.15, 0.2) is 5.82 Å². The van der Waals surface area contributed by atoms with E-state index in [4.69, 9.17) is 5.73 Å². The Labute approximate surface area is 148 Å². The van der Waals surface area contributed by atoms with Crippen molar-refractivity contribution < 1.29 is 9.18 Å². The quantitative estimate of drug-likeness (QED) is 0.577. The molecule has 0 saturated heterocycles. The first kappa shape index (κ1) is 16.0. The Morgan fingerprint density at radius 2 is 2.00 bits per heavy atom. The summed E-state index contributed by atoms with van der Waals surface area (Å²) in [5, 5.41) is 4.03. The van der Waals surface area contributed by atoms with Gasteiger partial charge in [0.1, 0.15) is 17.2 Å². The van der Waals surface area contributed by atoms with Gasteiger partial charge in [0.05, 0.1) is 11.8 Å². The Morgan fingerprint density at radius 1 is 1.19 bits per heavy atom. The molecule has 0 saturated carbocycles. The Hall–Kier alpha value is -3.48. The van der Waals surface area contributed by atoms with E-state index in [0.717, 1.165) is 11.1 Å². The summed E-state index contributed by atoms with van der Waals surface area (Å²) >= 11 is 0. The number of aromatic nitrogens is 4. The molecule has 0 aliphatic carbocycles. The average molecular weight is 349 g/mol. The number of rotatable bonds is 3. The molecule has 6 nitrogen and oxygen atoms in total. The monoisotopic (exact) mass is 349 g/mol. The third-order valence-electron chi connectivity index (χ3n) is 4.41. The van der Waals surface area contributed by atoms with Crippen LogP contribution in [0.5, 0.6) is 0 Å². The Bertz CT molecular complexity index is 1160. The lowest BCUT2D eigenvalue weighted by Gasteiger charge is -2.08. The molecule has 0 unspecified atom stereocenters. The number of imidazole rings is 1. The maximum absolute atomic E-state index is 13.9. The van der Waals surface area contributed by atoms with Gasteiger partial charge in [-0.2, -0.15) is 5.10 Å². The van der Waals surface area contributed by atoms with Gasteiger partial charge >= 0.3 is 0 Å². The number of hydrogen-bond donors (Lipinski definition) is 1. The number of hydrogen-bond acceptors (Lipinski definition) is 4. The second-order valence-corrected chi connectivity index (χ2v) is 6.14. The third kappa shape index (κ3) is 2.45. The number of fused-ring (bicyclic) bond motifs is 1. The normalized spacial score (nSPS) is 11.2. The molecule has 0 fully saturated rings. The lowest BCUT2D eigenvalue weighted by molar-refractivity contribution is 0.103. The van der Waals surface area contributed by atoms with Crippen molar-refractivity contribution in [2.24, 2.45) is 7.05 Å². The fraction of sp³-hybridized carbons (Fsp3) is 0.105. The summed E-state index contributed by atoms with van der Waals surface area (Å²) in [4.78, 5) is 17.1. The van der Waals surface area contributed by atoms with Crippen LogP contribution in [0.3, 0.4) is 0 Å². The summed E-state index contributed by atoms with van der Waals surface area (Å²) in [7, 11) is 1.74. The van der Waals surface area contributed by atoms with E-state index in [2.05, 4.69) is 10.1 Å². The fourth-order valence-electron chi connectivity index (χ4n) is 3.04. The zero-order valence-corrected chi connectivity index (χ0v) is 14.3. The molecule has 0 aliphatic rings. The van der Waals surface area contributed by atoms with E-state index in [-0.39, 0.29) is 23.1 Å². The maximum atomic E-state index is 13.9. The minimum Gasteiger partial charge on any atom is -0.382 e. The van der Waals surface area contributed by atoms with Gasteiger partial charge in [-0.3, -0.25) is 13.9 Å². The topological polar surface area (TPSA) is 78.2 Å². The molecule has 3 heterocycles. The first-order chi connectivity index (χ1) is 12.5. The number of nitrogens with two attached hydrogens (primary N) is 1. The van der Waals surface area contributed by atoms with Gasteiger partial charge in [-0.05, 0) is 41.8 Å². The molecule has 0 bridgehead atoms. The summed E-state index contributed by atoms with van der Waals surface area (Å²) < 4.78 is 17.1. The number of carbonyl (C=O) groups excluding carboxylic acids is 1. The molecule has 0 spiro atoms. The molecule has 1 aromatic carbocycles. The molecule has 130 valence electrons. The number of nitrogen functional groups attached to an aromatic ring is 1. The summed E-state index contributed by atoms with van der Waals surface area (Å²) in [6, 6.07) is 8.51. The maximum Gasteiger partial charge on any atom is 0.216 e. The highest BCUT2D eigenvalue weighted by Crippen LogP contribution is 2.27. The lowest BCUT2D eigenvalue weighted by atomic mass is 10.0. The fourth-order valence-corrected chi connectivity index (χ4v) is 3.04. The third-order valence-corrected chi connectivity index (χ3v) is 4.41. The second kappa shape index (κ2) is 5.80. The van der Waals surface area contributed by atoms with Gasteiger partial charge in [0, 0.05) is 19.4 Å². The number of ketones is 1. The number of nitrogens with zero attached hydrogens (tertiary/aromatic N) is 4. The highest BCUT2D eigenvalue weighted by Gasteiger charge is 2.21. The van der Waals surface area contributed by atoms with Crippen molar-refractivity contribution in [2.45, 2.75) is 6.92 Å². The molecule has 4 aromatic rings. The zero-order valence-electron chi connectivity index (χ0n) is 14.3. The van der Waals surface area contributed by atoms with Gasteiger partial charge in [-0.1, -0.05) is 12.1 Å². The van der Waals surface area contributed by atoms with Crippen LogP contribution in [0.4, 0.5) is 10.2 Å². The number of pyridine rings is 1. The summed E-state index contributed by atoms with van der Waals surface area (Å²) in [5.74, 6) is -0.400. The van der Waals surface area contributed by atoms with Crippen LogP contribution in [0.15, 0.2) is 48.9 Å². The lowest BCUT2D eigenvalue weighted by Crippen LogP contribution is -2.07. The molecule has 2 N–H and O–H groups in total. The molecular weight excluding hydrogens is 333 g/mol. The molecule has 4 rings (SSSR count). The average Bonchev–Trinajstić information content (AvgIpc) is 3.19. The predicted molar refractivity (Wildman–Crippen MR) is 96.4 cm³/mol. The number of aryl methyl sites for hydroxylation is 1. The molecule has 0 amide bonds. The van der Waals surface area contributed by atoms with E-state index < -0.39 is 0 Å². The van der Waals surface area contributed by atoms with Crippen molar-refractivity contribution in [3.8, 4) is 11.1 Å². The summed E-state index contributed by atoms with van der Waals surface area (Å²) in [6.07, 6.45) is 4.87. The van der Waals surface area contributed by atoms with Gasteiger partial charge < -0.3 is 5.73 Å². The SMILES string of the molecule is Cc1c(F)cccc1-c1ccc2nc(N)c(C(=O)c3cnn(C)c3)n2c1. The Kier molecular flexibility index (Phi) is 3.57. The van der Waals surface area contributed by atoms with E-state index in [1.165, 1.54) is 12.3 Å². The van der Waals surface area contributed by atoms with Gasteiger partial charge in [0.25, 0.3) is 0 Å². The van der Waals surface area contributed by atoms with Gasteiger partial charge in [0.2, 0.25) is 5.78 Å². The van der Waals surface area contributed by atoms with E-state index in [9.17, 15) is 9.18 Å². The first-order valence-corrected chi connectivity index (χ1v) is 8.02. The minimum absolute atomic E-state index is 0.145. The number of halogens is 1. The number of benzene rings is 1.